The Labute approximate surface area is 178 Å². The number of likely N-dealkylation sites (N-methyl/N-ethyl adjacent to an activating group) is 1. The first-order valence-electron chi connectivity index (χ1n) is 10.4. The van der Waals surface area contributed by atoms with Crippen LogP contribution in [0, 0.1) is 5.41 Å². The van der Waals surface area contributed by atoms with E-state index in [-0.39, 0.29) is 19.1 Å². The summed E-state index contributed by atoms with van der Waals surface area (Å²) in [6.45, 7) is 13.9. The van der Waals surface area contributed by atoms with Crippen LogP contribution in [0.4, 0.5) is 13.6 Å². The molecule has 0 saturated carbocycles. The monoisotopic (exact) mass is 433 g/mol. The first kappa shape index (κ1) is 24.8. The van der Waals surface area contributed by atoms with Gasteiger partial charge in [0.2, 0.25) is 0 Å². The minimum absolute atomic E-state index is 0.252. The molecule has 2 aliphatic heterocycles. The van der Waals surface area contributed by atoms with Gasteiger partial charge >= 0.3 is 12.1 Å². The average molecular weight is 434 g/mol. The number of hydrogen-bond donors (Lipinski definition) is 0. The summed E-state index contributed by atoms with van der Waals surface area (Å²) >= 11 is 0. The van der Waals surface area contributed by atoms with Gasteiger partial charge in [-0.2, -0.15) is 0 Å². The van der Waals surface area contributed by atoms with Gasteiger partial charge in [0.1, 0.15) is 17.2 Å². The maximum atomic E-state index is 15.0. The second kappa shape index (κ2) is 7.89. The van der Waals surface area contributed by atoms with Crippen molar-refractivity contribution < 1.29 is 27.8 Å². The van der Waals surface area contributed by atoms with E-state index in [4.69, 9.17) is 9.47 Å². The Balaban J connectivity index is 2.12. The first-order valence-corrected chi connectivity index (χ1v) is 10.4. The Bertz CT molecular complexity index is 670. The van der Waals surface area contributed by atoms with Gasteiger partial charge in [-0.1, -0.05) is 0 Å². The fraction of sp³-hybridized carbons (Fsp3) is 0.905. The summed E-state index contributed by atoms with van der Waals surface area (Å²) in [6, 6.07) is -1.83. The van der Waals surface area contributed by atoms with Crippen molar-refractivity contribution >= 4 is 12.1 Å². The Morgan fingerprint density at radius 3 is 2.03 bits per heavy atom. The third-order valence-electron chi connectivity index (χ3n) is 5.33. The quantitative estimate of drug-likeness (QED) is 0.632. The van der Waals surface area contributed by atoms with Gasteiger partial charge < -0.3 is 9.47 Å². The first-order chi connectivity index (χ1) is 13.3. The van der Waals surface area contributed by atoms with Crippen LogP contribution >= 0.6 is 0 Å². The van der Waals surface area contributed by atoms with Crippen molar-refractivity contribution in [2.24, 2.45) is 5.41 Å². The number of likely N-dealkylation sites (tertiary alicyclic amines) is 1. The van der Waals surface area contributed by atoms with Crippen LogP contribution in [0.5, 0.6) is 0 Å². The predicted octanol–water partition coefficient (Wildman–Crippen LogP) is 3.53. The van der Waals surface area contributed by atoms with E-state index in [1.807, 2.05) is 0 Å². The molecular formula is C21H37F2N3O4. The number of amides is 1. The third kappa shape index (κ3) is 5.60. The zero-order valence-corrected chi connectivity index (χ0v) is 19.7. The third-order valence-corrected chi connectivity index (χ3v) is 5.33. The lowest BCUT2D eigenvalue weighted by atomic mass is 9.89. The van der Waals surface area contributed by atoms with Crippen LogP contribution in [0.1, 0.15) is 61.8 Å². The molecule has 2 atom stereocenters. The number of esters is 1. The SMILES string of the molecule is CN1CC2C(N1CCC(C)(C)C(=O)OC(C)(C)C)C(F)(F)CN2C(=O)OC(C)(C)C. The van der Waals surface area contributed by atoms with Gasteiger partial charge in [-0.25, -0.2) is 23.6 Å². The standard InChI is InChI=1S/C21H37F2N3O4/c1-18(2,3)29-16(27)20(7,8)10-11-26-15-14(12-24(26)9)25(13-21(15,22)23)17(28)30-19(4,5)6/h14-15H,10-13H2,1-9H3. The molecule has 0 aromatic carbocycles. The molecule has 174 valence electrons. The molecule has 0 aromatic rings. The summed E-state index contributed by atoms with van der Waals surface area (Å²) in [7, 11) is 1.72. The zero-order chi connectivity index (χ0) is 23.3. The Kier molecular flexibility index (Phi) is 6.52. The Morgan fingerprint density at radius 1 is 1.00 bits per heavy atom. The molecule has 2 aliphatic rings. The minimum Gasteiger partial charge on any atom is -0.460 e. The van der Waals surface area contributed by atoms with Crippen molar-refractivity contribution in [3.05, 3.63) is 0 Å². The van der Waals surface area contributed by atoms with Gasteiger partial charge in [0.15, 0.2) is 0 Å². The lowest BCUT2D eigenvalue weighted by Gasteiger charge is -2.35. The highest BCUT2D eigenvalue weighted by molar-refractivity contribution is 5.76. The zero-order valence-electron chi connectivity index (χ0n) is 19.7. The normalized spacial score (nSPS) is 25.4. The molecule has 9 heteroatoms. The summed E-state index contributed by atoms with van der Waals surface area (Å²) in [5, 5.41) is 3.30. The van der Waals surface area contributed by atoms with Crippen LogP contribution in [0.15, 0.2) is 0 Å². The molecule has 2 heterocycles. The van der Waals surface area contributed by atoms with E-state index >= 15 is 0 Å². The van der Waals surface area contributed by atoms with Crippen LogP contribution < -0.4 is 0 Å². The molecule has 0 radical (unpaired) electrons. The second-order valence-electron chi connectivity index (χ2n) is 11.0. The summed E-state index contributed by atoms with van der Waals surface area (Å²) < 4.78 is 40.7. The fourth-order valence-electron chi connectivity index (χ4n) is 3.84. The Hall–Kier alpha value is -1.48. The van der Waals surface area contributed by atoms with Gasteiger partial charge in [-0.3, -0.25) is 9.69 Å². The van der Waals surface area contributed by atoms with Gasteiger partial charge in [0, 0.05) is 20.1 Å². The van der Waals surface area contributed by atoms with Gasteiger partial charge in [0.25, 0.3) is 5.92 Å². The highest BCUT2D eigenvalue weighted by atomic mass is 19.3. The van der Waals surface area contributed by atoms with E-state index in [1.165, 1.54) is 0 Å². The number of ether oxygens (including phenoxy) is 2. The summed E-state index contributed by atoms with van der Waals surface area (Å²) in [4.78, 5) is 26.2. The van der Waals surface area contributed by atoms with Crippen molar-refractivity contribution in [3.63, 3.8) is 0 Å². The number of carbonyl (C=O) groups is 2. The van der Waals surface area contributed by atoms with Gasteiger partial charge in [-0.15, -0.1) is 0 Å². The van der Waals surface area contributed by atoms with E-state index in [2.05, 4.69) is 0 Å². The van der Waals surface area contributed by atoms with Crippen molar-refractivity contribution in [3.8, 4) is 0 Å². The lowest BCUT2D eigenvalue weighted by molar-refractivity contribution is -0.167. The van der Waals surface area contributed by atoms with Gasteiger partial charge in [0.05, 0.1) is 18.0 Å². The van der Waals surface area contributed by atoms with Crippen LogP contribution in [-0.2, 0) is 14.3 Å². The lowest BCUT2D eigenvalue weighted by Crippen LogP contribution is -2.50. The average Bonchev–Trinajstić information content (AvgIpc) is 2.96. The van der Waals surface area contributed by atoms with Crippen LogP contribution in [0.25, 0.3) is 0 Å². The molecule has 30 heavy (non-hydrogen) atoms. The number of nitrogens with zero attached hydrogens (tertiary/aromatic N) is 3. The molecule has 0 aromatic heterocycles. The number of fused-ring (bicyclic) bond motifs is 1. The number of hydrogen-bond acceptors (Lipinski definition) is 6. The summed E-state index contributed by atoms with van der Waals surface area (Å²) in [5.41, 5.74) is -2.20. The summed E-state index contributed by atoms with van der Waals surface area (Å²) in [6.07, 6.45) is -0.378. The van der Waals surface area contributed by atoms with Crippen LogP contribution in [-0.4, -0.2) is 82.9 Å². The van der Waals surface area contributed by atoms with E-state index in [0.717, 1.165) is 4.90 Å². The molecule has 0 N–H and O–H groups in total. The summed E-state index contributed by atoms with van der Waals surface area (Å²) in [5.74, 6) is -3.44. The fourth-order valence-corrected chi connectivity index (χ4v) is 3.84. The number of carbonyl (C=O) groups excluding carboxylic acids is 2. The highest BCUT2D eigenvalue weighted by Crippen LogP contribution is 2.42. The number of hydrazine groups is 1. The van der Waals surface area contributed by atoms with Crippen molar-refractivity contribution in [1.82, 2.24) is 14.9 Å². The van der Waals surface area contributed by atoms with Gasteiger partial charge in [-0.05, 0) is 61.8 Å². The van der Waals surface area contributed by atoms with E-state index in [0.29, 0.717) is 6.42 Å². The minimum atomic E-state index is -3.08. The molecule has 0 spiro atoms. The van der Waals surface area contributed by atoms with Crippen LogP contribution in [0.3, 0.4) is 0 Å². The van der Waals surface area contributed by atoms with E-state index in [9.17, 15) is 18.4 Å². The molecular weight excluding hydrogens is 396 g/mol. The number of alkyl halides is 2. The van der Waals surface area contributed by atoms with Crippen molar-refractivity contribution in [2.45, 2.75) is 91.0 Å². The van der Waals surface area contributed by atoms with Crippen molar-refractivity contribution in [1.29, 1.82) is 0 Å². The number of rotatable bonds is 4. The molecule has 1 amide bonds. The molecule has 2 unspecified atom stereocenters. The largest absolute Gasteiger partial charge is 0.460 e. The molecule has 0 bridgehead atoms. The topological polar surface area (TPSA) is 62.3 Å². The van der Waals surface area contributed by atoms with E-state index < -0.39 is 47.3 Å². The molecule has 2 saturated heterocycles. The molecule has 0 aliphatic carbocycles. The smallest absolute Gasteiger partial charge is 0.410 e. The maximum absolute atomic E-state index is 15.0. The Morgan fingerprint density at radius 2 is 1.53 bits per heavy atom. The van der Waals surface area contributed by atoms with Crippen LogP contribution in [0.2, 0.25) is 0 Å². The molecule has 2 rings (SSSR count). The predicted molar refractivity (Wildman–Crippen MR) is 109 cm³/mol. The molecule has 2 fully saturated rings. The highest BCUT2D eigenvalue weighted by Gasteiger charge is 2.63. The second-order valence-corrected chi connectivity index (χ2v) is 11.0. The maximum Gasteiger partial charge on any atom is 0.410 e. The molecule has 7 nitrogen and oxygen atoms in total. The van der Waals surface area contributed by atoms with E-state index in [1.54, 1.807) is 72.5 Å². The van der Waals surface area contributed by atoms with Crippen molar-refractivity contribution in [2.75, 3.05) is 26.7 Å². The number of halogens is 2.